The summed E-state index contributed by atoms with van der Waals surface area (Å²) in [6, 6.07) is 8.92. The summed E-state index contributed by atoms with van der Waals surface area (Å²) in [7, 11) is 0. The van der Waals surface area contributed by atoms with E-state index in [1.54, 1.807) is 24.3 Å². The number of piperidine rings is 1. The van der Waals surface area contributed by atoms with Gasteiger partial charge in [0.05, 0.1) is 24.3 Å². The van der Waals surface area contributed by atoms with Crippen LogP contribution in [0.4, 0.5) is 10.5 Å². The summed E-state index contributed by atoms with van der Waals surface area (Å²) in [6.07, 6.45) is 1.97. The largest absolute Gasteiger partial charge is 0.377 e. The van der Waals surface area contributed by atoms with Gasteiger partial charge < -0.3 is 19.9 Å². The summed E-state index contributed by atoms with van der Waals surface area (Å²) in [6.45, 7) is 9.51. The van der Waals surface area contributed by atoms with Crippen molar-refractivity contribution in [3.63, 3.8) is 0 Å². The van der Waals surface area contributed by atoms with Crippen LogP contribution in [0.5, 0.6) is 0 Å². The number of rotatable bonds is 7. The van der Waals surface area contributed by atoms with Gasteiger partial charge in [0, 0.05) is 25.3 Å². The molecule has 0 spiro atoms. The van der Waals surface area contributed by atoms with Gasteiger partial charge in [-0.2, -0.15) is 5.26 Å². The highest BCUT2D eigenvalue weighted by Gasteiger charge is 2.23. The van der Waals surface area contributed by atoms with Gasteiger partial charge in [0.2, 0.25) is 0 Å². The van der Waals surface area contributed by atoms with Crippen molar-refractivity contribution < 1.29 is 9.53 Å². The molecule has 2 rings (SSSR count). The summed E-state index contributed by atoms with van der Waals surface area (Å²) >= 11 is 0. The number of anilines is 1. The average molecular weight is 344 g/mol. The van der Waals surface area contributed by atoms with Crippen LogP contribution in [0.2, 0.25) is 0 Å². The summed E-state index contributed by atoms with van der Waals surface area (Å²) in [4.78, 5) is 16.5. The van der Waals surface area contributed by atoms with E-state index in [4.69, 9.17) is 10.00 Å². The second kappa shape index (κ2) is 10.0. The van der Waals surface area contributed by atoms with Crippen molar-refractivity contribution in [2.24, 2.45) is 0 Å². The molecule has 1 aliphatic rings. The normalized spacial score (nSPS) is 15.2. The van der Waals surface area contributed by atoms with Gasteiger partial charge in [-0.05, 0) is 44.1 Å². The topological polar surface area (TPSA) is 68.6 Å². The quantitative estimate of drug-likeness (QED) is 0.826. The minimum absolute atomic E-state index is 0.114. The third-order valence-electron chi connectivity index (χ3n) is 4.63. The van der Waals surface area contributed by atoms with Gasteiger partial charge in [-0.15, -0.1) is 0 Å². The molecule has 1 fully saturated rings. The van der Waals surface area contributed by atoms with Gasteiger partial charge in [-0.3, -0.25) is 0 Å². The van der Waals surface area contributed by atoms with Crippen LogP contribution in [-0.2, 0) is 4.74 Å². The van der Waals surface area contributed by atoms with E-state index in [2.05, 4.69) is 30.1 Å². The molecule has 1 aliphatic heterocycles. The standard InChI is InChI=1S/C19H28N4O2/c1-3-22(4-2)12-13-25-18-8-10-23(11-9-18)19(24)21-17-7-5-6-16(14-17)15-20/h5-7,14,18H,3-4,8-13H2,1-2H3,(H,21,24). The number of likely N-dealkylation sites (N-methyl/N-ethyl adjacent to an activating group) is 1. The molecular formula is C19H28N4O2. The first-order chi connectivity index (χ1) is 12.2. The molecular weight excluding hydrogens is 316 g/mol. The third kappa shape index (κ3) is 6.04. The van der Waals surface area contributed by atoms with Crippen molar-refractivity contribution >= 4 is 11.7 Å². The Morgan fingerprint density at radius 1 is 1.36 bits per heavy atom. The Kier molecular flexibility index (Phi) is 7.71. The van der Waals surface area contributed by atoms with Crippen LogP contribution < -0.4 is 5.32 Å². The Balaban J connectivity index is 1.72. The van der Waals surface area contributed by atoms with Crippen molar-refractivity contribution in [2.45, 2.75) is 32.8 Å². The first-order valence-corrected chi connectivity index (χ1v) is 9.06. The predicted molar refractivity (Wildman–Crippen MR) is 98.5 cm³/mol. The maximum Gasteiger partial charge on any atom is 0.321 e. The van der Waals surface area contributed by atoms with E-state index in [1.165, 1.54) is 0 Å². The molecule has 6 heteroatoms. The average Bonchev–Trinajstić information content (AvgIpc) is 2.66. The molecule has 1 aromatic carbocycles. The SMILES string of the molecule is CCN(CC)CCOC1CCN(C(=O)Nc2cccc(C#N)c2)CC1. The maximum atomic E-state index is 12.3. The Hall–Kier alpha value is -2.10. The second-order valence-electron chi connectivity index (χ2n) is 6.21. The number of hydrogen-bond donors (Lipinski definition) is 1. The Labute approximate surface area is 150 Å². The number of hydrogen-bond acceptors (Lipinski definition) is 4. The molecule has 25 heavy (non-hydrogen) atoms. The molecule has 0 bridgehead atoms. The summed E-state index contributed by atoms with van der Waals surface area (Å²) in [5.74, 6) is 0. The highest BCUT2D eigenvalue weighted by atomic mass is 16.5. The highest BCUT2D eigenvalue weighted by Crippen LogP contribution is 2.16. The van der Waals surface area contributed by atoms with Crippen LogP contribution in [-0.4, -0.2) is 61.3 Å². The van der Waals surface area contributed by atoms with Gasteiger partial charge in [0.25, 0.3) is 0 Å². The number of urea groups is 1. The first-order valence-electron chi connectivity index (χ1n) is 9.06. The zero-order valence-electron chi connectivity index (χ0n) is 15.2. The zero-order valence-corrected chi connectivity index (χ0v) is 15.2. The monoisotopic (exact) mass is 344 g/mol. The molecule has 1 N–H and O–H groups in total. The Morgan fingerprint density at radius 2 is 2.08 bits per heavy atom. The van der Waals surface area contributed by atoms with Crippen molar-refractivity contribution in [3.8, 4) is 6.07 Å². The van der Waals surface area contributed by atoms with Crippen LogP contribution in [0.3, 0.4) is 0 Å². The number of likely N-dealkylation sites (tertiary alicyclic amines) is 1. The van der Waals surface area contributed by atoms with Crippen molar-refractivity contribution in [1.29, 1.82) is 5.26 Å². The molecule has 0 atom stereocenters. The highest BCUT2D eigenvalue weighted by molar-refractivity contribution is 5.89. The fraction of sp³-hybridized carbons (Fsp3) is 0.579. The minimum atomic E-state index is -0.114. The number of nitriles is 1. The van der Waals surface area contributed by atoms with E-state index < -0.39 is 0 Å². The van der Waals surface area contributed by atoms with Crippen molar-refractivity contribution in [3.05, 3.63) is 29.8 Å². The lowest BCUT2D eigenvalue weighted by Crippen LogP contribution is -2.43. The number of amides is 2. The lowest BCUT2D eigenvalue weighted by molar-refractivity contribution is 0.00663. The van der Waals surface area contributed by atoms with Crippen LogP contribution in [0, 0.1) is 11.3 Å². The summed E-state index contributed by atoms with van der Waals surface area (Å²) < 4.78 is 5.96. The smallest absolute Gasteiger partial charge is 0.321 e. The van der Waals surface area contributed by atoms with Gasteiger partial charge in [-0.1, -0.05) is 19.9 Å². The molecule has 1 aromatic rings. The van der Waals surface area contributed by atoms with E-state index in [0.29, 0.717) is 24.3 Å². The summed E-state index contributed by atoms with van der Waals surface area (Å²) in [5.41, 5.74) is 1.19. The minimum Gasteiger partial charge on any atom is -0.377 e. The molecule has 136 valence electrons. The van der Waals surface area contributed by atoms with E-state index in [9.17, 15) is 4.79 Å². The Bertz CT molecular complexity index is 587. The lowest BCUT2D eigenvalue weighted by Gasteiger charge is -2.32. The molecule has 0 saturated carbocycles. The van der Waals surface area contributed by atoms with E-state index in [-0.39, 0.29) is 12.1 Å². The predicted octanol–water partition coefficient (Wildman–Crippen LogP) is 2.91. The maximum absolute atomic E-state index is 12.3. The first kappa shape index (κ1) is 19.2. The second-order valence-corrected chi connectivity index (χ2v) is 6.21. The molecule has 1 heterocycles. The van der Waals surface area contributed by atoms with Crippen LogP contribution in [0.1, 0.15) is 32.3 Å². The van der Waals surface area contributed by atoms with Crippen molar-refractivity contribution in [2.75, 3.05) is 44.6 Å². The lowest BCUT2D eigenvalue weighted by atomic mass is 10.1. The molecule has 6 nitrogen and oxygen atoms in total. The third-order valence-corrected chi connectivity index (χ3v) is 4.63. The van der Waals surface area contributed by atoms with Crippen LogP contribution in [0.25, 0.3) is 0 Å². The van der Waals surface area contributed by atoms with E-state index in [1.807, 2.05) is 4.90 Å². The van der Waals surface area contributed by atoms with Gasteiger partial charge >= 0.3 is 6.03 Å². The van der Waals surface area contributed by atoms with Gasteiger partial charge in [-0.25, -0.2) is 4.79 Å². The van der Waals surface area contributed by atoms with E-state index >= 15 is 0 Å². The number of carbonyl (C=O) groups is 1. The molecule has 0 unspecified atom stereocenters. The molecule has 2 amide bonds. The fourth-order valence-electron chi connectivity index (χ4n) is 2.98. The summed E-state index contributed by atoms with van der Waals surface area (Å²) in [5, 5.41) is 11.8. The number of carbonyl (C=O) groups excluding carboxylic acids is 1. The fourth-order valence-corrected chi connectivity index (χ4v) is 2.98. The van der Waals surface area contributed by atoms with Crippen LogP contribution in [0.15, 0.2) is 24.3 Å². The number of benzene rings is 1. The van der Waals surface area contributed by atoms with Gasteiger partial charge in [0.15, 0.2) is 0 Å². The number of ether oxygens (including phenoxy) is 1. The Morgan fingerprint density at radius 3 is 2.72 bits per heavy atom. The van der Waals surface area contributed by atoms with Crippen molar-refractivity contribution in [1.82, 2.24) is 9.80 Å². The van der Waals surface area contributed by atoms with E-state index in [0.717, 1.165) is 39.1 Å². The molecule has 0 aromatic heterocycles. The molecule has 0 radical (unpaired) electrons. The van der Waals surface area contributed by atoms with Gasteiger partial charge in [0.1, 0.15) is 0 Å². The molecule has 1 saturated heterocycles. The van der Waals surface area contributed by atoms with Crippen LogP contribution >= 0.6 is 0 Å². The number of nitrogens with one attached hydrogen (secondary N) is 1. The number of nitrogens with zero attached hydrogens (tertiary/aromatic N) is 3. The zero-order chi connectivity index (χ0) is 18.1. The molecule has 0 aliphatic carbocycles.